The minimum absolute atomic E-state index is 0.237. The summed E-state index contributed by atoms with van der Waals surface area (Å²) in [4.78, 5) is 14.2. The van der Waals surface area contributed by atoms with E-state index in [9.17, 15) is 4.79 Å². The molecule has 2 aromatic carbocycles. The van der Waals surface area contributed by atoms with Crippen molar-refractivity contribution in [3.63, 3.8) is 0 Å². The number of anilines is 2. The summed E-state index contributed by atoms with van der Waals surface area (Å²) in [7, 11) is 0. The quantitative estimate of drug-likeness (QED) is 0.880. The van der Waals surface area contributed by atoms with Crippen LogP contribution < -0.4 is 15.5 Å². The van der Waals surface area contributed by atoms with Crippen molar-refractivity contribution in [2.45, 2.75) is 19.4 Å². The van der Waals surface area contributed by atoms with Gasteiger partial charge in [0.15, 0.2) is 0 Å². The Kier molecular flexibility index (Phi) is 5.03. The highest BCUT2D eigenvalue weighted by molar-refractivity contribution is 6.33. The average molecular weight is 330 g/mol. The van der Waals surface area contributed by atoms with E-state index in [2.05, 4.69) is 15.5 Å². The van der Waals surface area contributed by atoms with Gasteiger partial charge in [-0.1, -0.05) is 41.9 Å². The first kappa shape index (κ1) is 15.7. The van der Waals surface area contributed by atoms with Gasteiger partial charge in [0.25, 0.3) is 0 Å². The van der Waals surface area contributed by atoms with E-state index < -0.39 is 0 Å². The van der Waals surface area contributed by atoms with Crippen LogP contribution in [0.1, 0.15) is 18.4 Å². The van der Waals surface area contributed by atoms with Crippen molar-refractivity contribution in [3.8, 4) is 0 Å². The number of nitrogens with one attached hydrogen (secondary N) is 2. The normalized spacial score (nSPS) is 13.9. The standard InChI is InChI=1S/C18H20ClN3O/c19-16-12-15(8-9-17(16)22-10-4-5-11-22)21-18(23)20-13-14-6-2-1-3-7-14/h1-3,6-9,12H,4-5,10-11,13H2,(H2,20,21,23). The SMILES string of the molecule is O=C(NCc1ccccc1)Nc1ccc(N2CCCC2)c(Cl)c1. The van der Waals surface area contributed by atoms with E-state index in [1.165, 1.54) is 12.8 Å². The molecule has 120 valence electrons. The first-order chi connectivity index (χ1) is 11.2. The second kappa shape index (κ2) is 7.38. The minimum Gasteiger partial charge on any atom is -0.370 e. The summed E-state index contributed by atoms with van der Waals surface area (Å²) >= 11 is 6.35. The Morgan fingerprint density at radius 1 is 1.09 bits per heavy atom. The zero-order chi connectivity index (χ0) is 16.1. The molecule has 2 amide bonds. The van der Waals surface area contributed by atoms with Gasteiger partial charge in [-0.05, 0) is 36.6 Å². The molecular weight excluding hydrogens is 310 g/mol. The zero-order valence-corrected chi connectivity index (χ0v) is 13.6. The van der Waals surface area contributed by atoms with E-state index in [0.29, 0.717) is 17.3 Å². The number of hydrogen-bond acceptors (Lipinski definition) is 2. The Labute approximate surface area is 141 Å². The molecule has 0 bridgehead atoms. The lowest BCUT2D eigenvalue weighted by Gasteiger charge is -2.19. The van der Waals surface area contributed by atoms with Gasteiger partial charge < -0.3 is 15.5 Å². The summed E-state index contributed by atoms with van der Waals surface area (Å²) < 4.78 is 0. The van der Waals surface area contributed by atoms with Crippen LogP contribution in [0.25, 0.3) is 0 Å². The van der Waals surface area contributed by atoms with Crippen LogP contribution in [0.2, 0.25) is 5.02 Å². The van der Waals surface area contributed by atoms with E-state index in [0.717, 1.165) is 24.3 Å². The first-order valence-corrected chi connectivity index (χ1v) is 8.23. The molecule has 0 aliphatic carbocycles. The van der Waals surface area contributed by atoms with E-state index in [1.807, 2.05) is 42.5 Å². The highest BCUT2D eigenvalue weighted by Crippen LogP contribution is 2.31. The van der Waals surface area contributed by atoms with Crippen molar-refractivity contribution in [2.75, 3.05) is 23.3 Å². The van der Waals surface area contributed by atoms with Crippen LogP contribution in [0.3, 0.4) is 0 Å². The molecule has 0 atom stereocenters. The smallest absolute Gasteiger partial charge is 0.319 e. The number of carbonyl (C=O) groups excluding carboxylic acids is 1. The maximum atomic E-state index is 12.0. The topological polar surface area (TPSA) is 44.4 Å². The Hall–Kier alpha value is -2.20. The molecule has 0 radical (unpaired) electrons. The molecule has 1 heterocycles. The summed E-state index contributed by atoms with van der Waals surface area (Å²) in [5, 5.41) is 6.32. The van der Waals surface area contributed by atoms with Gasteiger partial charge in [0, 0.05) is 25.3 Å². The van der Waals surface area contributed by atoms with Crippen LogP contribution in [0, 0.1) is 0 Å². The number of urea groups is 1. The molecule has 0 saturated carbocycles. The molecule has 5 heteroatoms. The van der Waals surface area contributed by atoms with Gasteiger partial charge in [-0.2, -0.15) is 0 Å². The van der Waals surface area contributed by atoms with Gasteiger partial charge in [0.1, 0.15) is 0 Å². The van der Waals surface area contributed by atoms with Crippen molar-refractivity contribution in [2.24, 2.45) is 0 Å². The first-order valence-electron chi connectivity index (χ1n) is 7.85. The van der Waals surface area contributed by atoms with Gasteiger partial charge in [0.2, 0.25) is 0 Å². The second-order valence-electron chi connectivity index (χ2n) is 5.65. The maximum Gasteiger partial charge on any atom is 0.319 e. The number of amides is 2. The summed E-state index contributed by atoms with van der Waals surface area (Å²) in [5.74, 6) is 0. The molecule has 23 heavy (non-hydrogen) atoms. The van der Waals surface area contributed by atoms with Crippen molar-refractivity contribution in [1.29, 1.82) is 0 Å². The van der Waals surface area contributed by atoms with Crippen LogP contribution in [0.15, 0.2) is 48.5 Å². The molecule has 1 fully saturated rings. The Morgan fingerprint density at radius 3 is 2.52 bits per heavy atom. The fourth-order valence-corrected chi connectivity index (χ4v) is 3.05. The molecular formula is C18H20ClN3O. The number of carbonyl (C=O) groups is 1. The molecule has 0 aromatic heterocycles. The Morgan fingerprint density at radius 2 is 1.83 bits per heavy atom. The third-order valence-electron chi connectivity index (χ3n) is 3.95. The number of halogens is 1. The van der Waals surface area contributed by atoms with E-state index in [1.54, 1.807) is 6.07 Å². The van der Waals surface area contributed by atoms with Crippen LogP contribution in [-0.2, 0) is 6.54 Å². The maximum absolute atomic E-state index is 12.0. The highest BCUT2D eigenvalue weighted by Gasteiger charge is 2.15. The van der Waals surface area contributed by atoms with Gasteiger partial charge in [-0.3, -0.25) is 0 Å². The number of benzene rings is 2. The third-order valence-corrected chi connectivity index (χ3v) is 4.25. The third kappa shape index (κ3) is 4.17. The largest absolute Gasteiger partial charge is 0.370 e. The van der Waals surface area contributed by atoms with Crippen molar-refractivity contribution in [3.05, 3.63) is 59.1 Å². The lowest BCUT2D eigenvalue weighted by atomic mass is 10.2. The molecule has 3 rings (SSSR count). The van der Waals surface area contributed by atoms with Crippen molar-refractivity contribution < 1.29 is 4.79 Å². The molecule has 4 nitrogen and oxygen atoms in total. The fraction of sp³-hybridized carbons (Fsp3) is 0.278. The molecule has 0 spiro atoms. The van der Waals surface area contributed by atoms with E-state index in [4.69, 9.17) is 11.6 Å². The summed E-state index contributed by atoms with van der Waals surface area (Å²) in [6, 6.07) is 15.2. The van der Waals surface area contributed by atoms with Crippen molar-refractivity contribution >= 4 is 29.0 Å². The molecule has 0 unspecified atom stereocenters. The second-order valence-corrected chi connectivity index (χ2v) is 6.06. The zero-order valence-electron chi connectivity index (χ0n) is 12.9. The van der Waals surface area contributed by atoms with Gasteiger partial charge in [0.05, 0.1) is 10.7 Å². The van der Waals surface area contributed by atoms with E-state index in [-0.39, 0.29) is 6.03 Å². The molecule has 1 aliphatic rings. The van der Waals surface area contributed by atoms with Crippen LogP contribution in [-0.4, -0.2) is 19.1 Å². The van der Waals surface area contributed by atoms with E-state index >= 15 is 0 Å². The lowest BCUT2D eigenvalue weighted by Crippen LogP contribution is -2.28. The lowest BCUT2D eigenvalue weighted by molar-refractivity contribution is 0.251. The number of nitrogens with zero attached hydrogens (tertiary/aromatic N) is 1. The fourth-order valence-electron chi connectivity index (χ4n) is 2.75. The Balaban J connectivity index is 1.57. The van der Waals surface area contributed by atoms with Crippen LogP contribution in [0.4, 0.5) is 16.2 Å². The average Bonchev–Trinajstić information content (AvgIpc) is 3.08. The molecule has 2 aromatic rings. The Bertz CT molecular complexity index is 669. The van der Waals surface area contributed by atoms with Gasteiger partial charge >= 0.3 is 6.03 Å². The predicted molar refractivity (Wildman–Crippen MR) is 95.2 cm³/mol. The number of hydrogen-bond donors (Lipinski definition) is 2. The summed E-state index contributed by atoms with van der Waals surface area (Å²) in [6.45, 7) is 2.58. The van der Waals surface area contributed by atoms with Gasteiger partial charge in [-0.15, -0.1) is 0 Å². The summed E-state index contributed by atoms with van der Waals surface area (Å²) in [6.07, 6.45) is 2.41. The molecule has 1 aliphatic heterocycles. The highest BCUT2D eigenvalue weighted by atomic mass is 35.5. The predicted octanol–water partition coefficient (Wildman–Crippen LogP) is 4.26. The number of rotatable bonds is 4. The monoisotopic (exact) mass is 329 g/mol. The van der Waals surface area contributed by atoms with Gasteiger partial charge in [-0.25, -0.2) is 4.79 Å². The molecule has 2 N–H and O–H groups in total. The summed E-state index contributed by atoms with van der Waals surface area (Å²) in [5.41, 5.74) is 2.80. The van der Waals surface area contributed by atoms with Crippen molar-refractivity contribution in [1.82, 2.24) is 5.32 Å². The minimum atomic E-state index is -0.237. The molecule has 1 saturated heterocycles. The van der Waals surface area contributed by atoms with Crippen LogP contribution in [0.5, 0.6) is 0 Å². The van der Waals surface area contributed by atoms with Crippen LogP contribution >= 0.6 is 11.6 Å².